The molecule has 4 heteroatoms. The van der Waals surface area contributed by atoms with E-state index in [1.807, 2.05) is 31.2 Å². The van der Waals surface area contributed by atoms with Gasteiger partial charge in [-0.2, -0.15) is 0 Å². The quantitative estimate of drug-likeness (QED) is 0.803. The normalized spacial score (nSPS) is 16.6. The van der Waals surface area contributed by atoms with E-state index in [9.17, 15) is 0 Å². The first-order valence-corrected chi connectivity index (χ1v) is 6.11. The summed E-state index contributed by atoms with van der Waals surface area (Å²) in [5.41, 5.74) is 5.70. The van der Waals surface area contributed by atoms with Gasteiger partial charge in [0.2, 0.25) is 0 Å². The van der Waals surface area contributed by atoms with Crippen molar-refractivity contribution in [3.63, 3.8) is 0 Å². The Morgan fingerprint density at radius 1 is 1.18 bits per heavy atom. The van der Waals surface area contributed by atoms with E-state index in [1.54, 1.807) is 0 Å². The van der Waals surface area contributed by atoms with Gasteiger partial charge in [-0.25, -0.2) is 0 Å². The fourth-order valence-electron chi connectivity index (χ4n) is 1.88. The van der Waals surface area contributed by atoms with E-state index in [0.29, 0.717) is 19.3 Å². The molecule has 1 aromatic rings. The molecule has 0 saturated carbocycles. The Morgan fingerprint density at radius 2 is 1.76 bits per heavy atom. The number of ether oxygens (including phenoxy) is 2. The first kappa shape index (κ1) is 12.2. The molecule has 1 heterocycles. The van der Waals surface area contributed by atoms with Crippen LogP contribution in [0.2, 0.25) is 0 Å². The summed E-state index contributed by atoms with van der Waals surface area (Å²) in [6.07, 6.45) is 0. The van der Waals surface area contributed by atoms with Crippen LogP contribution in [-0.4, -0.2) is 43.8 Å². The Balaban J connectivity index is 1.68. The van der Waals surface area contributed by atoms with Crippen molar-refractivity contribution in [1.29, 1.82) is 0 Å². The van der Waals surface area contributed by atoms with Gasteiger partial charge in [0.25, 0.3) is 0 Å². The second kappa shape index (κ2) is 5.89. The van der Waals surface area contributed by atoms with Crippen molar-refractivity contribution in [3.8, 4) is 11.5 Å². The highest BCUT2D eigenvalue weighted by molar-refractivity contribution is 5.31. The molecule has 17 heavy (non-hydrogen) atoms. The lowest BCUT2D eigenvalue weighted by Gasteiger charge is -2.36. The van der Waals surface area contributed by atoms with Gasteiger partial charge in [0.05, 0.1) is 6.61 Å². The van der Waals surface area contributed by atoms with Crippen LogP contribution in [0, 0.1) is 0 Å². The smallest absolute Gasteiger partial charge is 0.119 e. The van der Waals surface area contributed by atoms with Gasteiger partial charge in [-0.05, 0) is 31.2 Å². The van der Waals surface area contributed by atoms with Gasteiger partial charge < -0.3 is 15.2 Å². The minimum atomic E-state index is 0.362. The zero-order valence-electron chi connectivity index (χ0n) is 10.3. The van der Waals surface area contributed by atoms with Crippen molar-refractivity contribution >= 4 is 0 Å². The average molecular weight is 236 g/mol. The molecule has 1 aromatic carbocycles. The number of nitrogens with two attached hydrogens (primary N) is 1. The van der Waals surface area contributed by atoms with Crippen molar-refractivity contribution in [2.75, 3.05) is 32.8 Å². The molecule has 0 atom stereocenters. The zero-order chi connectivity index (χ0) is 12.1. The summed E-state index contributed by atoms with van der Waals surface area (Å²) >= 11 is 0. The fourth-order valence-corrected chi connectivity index (χ4v) is 1.88. The van der Waals surface area contributed by atoms with E-state index in [1.165, 1.54) is 0 Å². The van der Waals surface area contributed by atoms with Crippen LogP contribution in [-0.2, 0) is 0 Å². The van der Waals surface area contributed by atoms with Gasteiger partial charge in [0.1, 0.15) is 18.1 Å². The van der Waals surface area contributed by atoms with Crippen LogP contribution in [0.4, 0.5) is 0 Å². The second-order valence-corrected chi connectivity index (χ2v) is 4.27. The molecule has 0 bridgehead atoms. The zero-order valence-corrected chi connectivity index (χ0v) is 10.3. The maximum atomic E-state index is 5.70. The molecule has 2 N–H and O–H groups in total. The molecule has 0 radical (unpaired) electrons. The Kier molecular flexibility index (Phi) is 4.23. The third kappa shape index (κ3) is 3.61. The number of benzene rings is 1. The van der Waals surface area contributed by atoms with Crippen LogP contribution in [0.15, 0.2) is 24.3 Å². The fraction of sp³-hybridized carbons (Fsp3) is 0.538. The molecule has 0 amide bonds. The Labute approximate surface area is 102 Å². The molecular formula is C13H20N2O2. The van der Waals surface area contributed by atoms with Crippen molar-refractivity contribution in [2.24, 2.45) is 5.73 Å². The van der Waals surface area contributed by atoms with Gasteiger partial charge in [-0.15, -0.1) is 0 Å². The van der Waals surface area contributed by atoms with Crippen LogP contribution < -0.4 is 15.2 Å². The third-order valence-corrected chi connectivity index (χ3v) is 2.80. The minimum absolute atomic E-state index is 0.362. The maximum Gasteiger partial charge on any atom is 0.119 e. The minimum Gasteiger partial charge on any atom is -0.494 e. The van der Waals surface area contributed by atoms with E-state index in [4.69, 9.17) is 15.2 Å². The molecule has 1 aliphatic rings. The largest absolute Gasteiger partial charge is 0.494 e. The van der Waals surface area contributed by atoms with E-state index >= 15 is 0 Å². The number of nitrogens with zero attached hydrogens (tertiary/aromatic N) is 1. The van der Waals surface area contributed by atoms with E-state index < -0.39 is 0 Å². The summed E-state index contributed by atoms with van der Waals surface area (Å²) in [7, 11) is 0. The first-order chi connectivity index (χ1) is 8.28. The van der Waals surface area contributed by atoms with Crippen molar-refractivity contribution in [2.45, 2.75) is 13.0 Å². The molecule has 0 aromatic heterocycles. The lowest BCUT2D eigenvalue weighted by molar-refractivity contribution is 0.124. The third-order valence-electron chi connectivity index (χ3n) is 2.80. The van der Waals surface area contributed by atoms with Gasteiger partial charge in [-0.3, -0.25) is 4.90 Å². The molecule has 2 rings (SSSR count). The molecule has 1 fully saturated rings. The standard InChI is InChI=1S/C13H20N2O2/c1-2-16-12-3-5-13(6-4-12)17-8-7-15-9-11(14)10-15/h3-6,11H,2,7-10,14H2,1H3. The predicted molar refractivity (Wildman–Crippen MR) is 67.5 cm³/mol. The molecular weight excluding hydrogens is 216 g/mol. The Morgan fingerprint density at radius 3 is 2.29 bits per heavy atom. The number of rotatable bonds is 6. The van der Waals surface area contributed by atoms with Crippen LogP contribution in [0.1, 0.15) is 6.92 Å². The summed E-state index contributed by atoms with van der Waals surface area (Å²) in [5.74, 6) is 1.77. The highest BCUT2D eigenvalue weighted by atomic mass is 16.5. The Bertz CT molecular complexity index is 334. The van der Waals surface area contributed by atoms with Crippen LogP contribution in [0.3, 0.4) is 0 Å². The number of hydrogen-bond donors (Lipinski definition) is 1. The molecule has 94 valence electrons. The number of likely N-dealkylation sites (tertiary alicyclic amines) is 1. The molecule has 0 spiro atoms. The predicted octanol–water partition coefficient (Wildman–Crippen LogP) is 1.11. The van der Waals surface area contributed by atoms with E-state index in [-0.39, 0.29) is 0 Å². The van der Waals surface area contributed by atoms with Crippen molar-refractivity contribution < 1.29 is 9.47 Å². The van der Waals surface area contributed by atoms with E-state index in [2.05, 4.69) is 4.90 Å². The monoisotopic (exact) mass is 236 g/mol. The average Bonchev–Trinajstić information content (AvgIpc) is 2.29. The summed E-state index contributed by atoms with van der Waals surface area (Å²) in [4.78, 5) is 2.29. The summed E-state index contributed by atoms with van der Waals surface area (Å²) < 4.78 is 11.0. The van der Waals surface area contributed by atoms with Crippen LogP contribution in [0.5, 0.6) is 11.5 Å². The van der Waals surface area contributed by atoms with Gasteiger partial charge in [0.15, 0.2) is 0 Å². The molecule has 0 unspecified atom stereocenters. The Hall–Kier alpha value is -1.26. The van der Waals surface area contributed by atoms with E-state index in [0.717, 1.165) is 31.1 Å². The topological polar surface area (TPSA) is 47.7 Å². The van der Waals surface area contributed by atoms with Gasteiger partial charge in [-0.1, -0.05) is 0 Å². The highest BCUT2D eigenvalue weighted by Crippen LogP contribution is 2.17. The summed E-state index contributed by atoms with van der Waals surface area (Å²) in [6, 6.07) is 8.09. The van der Waals surface area contributed by atoms with Gasteiger partial charge >= 0.3 is 0 Å². The van der Waals surface area contributed by atoms with Crippen molar-refractivity contribution in [3.05, 3.63) is 24.3 Å². The SMILES string of the molecule is CCOc1ccc(OCCN2CC(N)C2)cc1. The summed E-state index contributed by atoms with van der Waals surface area (Å²) in [6.45, 7) is 6.30. The van der Waals surface area contributed by atoms with Crippen LogP contribution in [0.25, 0.3) is 0 Å². The first-order valence-electron chi connectivity index (χ1n) is 6.11. The number of hydrogen-bond acceptors (Lipinski definition) is 4. The lowest BCUT2D eigenvalue weighted by Crippen LogP contribution is -2.56. The molecule has 0 aliphatic carbocycles. The van der Waals surface area contributed by atoms with Crippen molar-refractivity contribution in [1.82, 2.24) is 4.90 Å². The lowest BCUT2D eigenvalue weighted by atomic mass is 10.1. The highest BCUT2D eigenvalue weighted by Gasteiger charge is 2.21. The maximum absolute atomic E-state index is 5.70. The second-order valence-electron chi connectivity index (χ2n) is 4.27. The molecule has 1 aliphatic heterocycles. The molecule has 1 saturated heterocycles. The van der Waals surface area contributed by atoms with Gasteiger partial charge in [0, 0.05) is 25.7 Å². The summed E-state index contributed by atoms with van der Waals surface area (Å²) in [5, 5.41) is 0. The molecule has 4 nitrogen and oxygen atoms in total. The van der Waals surface area contributed by atoms with Crippen LogP contribution >= 0.6 is 0 Å².